The maximum Gasteiger partial charge on any atom is 0.0704 e. The van der Waals surface area contributed by atoms with Gasteiger partial charge >= 0.3 is 0 Å². The summed E-state index contributed by atoms with van der Waals surface area (Å²) in [6, 6.07) is 0. The van der Waals surface area contributed by atoms with Gasteiger partial charge in [0, 0.05) is 0 Å². The molecule has 2 heteroatoms. The SMILES string of the molecule is CC1CC/C1=C\C=C(/S)Cl.CCCC(C)CC. The molecule has 0 bridgehead atoms. The molecule has 1 saturated carbocycles. The molecule has 1 aliphatic rings. The smallest absolute Gasteiger partial charge is 0.0704 e. The molecule has 2 unspecified atom stereocenters. The molecular weight excluding hydrogens is 248 g/mol. The third-order valence-electron chi connectivity index (χ3n) is 3.41. The summed E-state index contributed by atoms with van der Waals surface area (Å²) in [4.78, 5) is 0. The van der Waals surface area contributed by atoms with E-state index in [9.17, 15) is 0 Å². The van der Waals surface area contributed by atoms with Crippen LogP contribution in [-0.2, 0) is 0 Å². The van der Waals surface area contributed by atoms with Crippen molar-refractivity contribution in [3.63, 3.8) is 0 Å². The van der Waals surface area contributed by atoms with Gasteiger partial charge in [-0.25, -0.2) is 0 Å². The van der Waals surface area contributed by atoms with E-state index in [1.165, 1.54) is 37.7 Å². The first-order valence-corrected chi connectivity index (χ1v) is 7.58. The average Bonchev–Trinajstić information content (AvgIpc) is 2.28. The fraction of sp³-hybridized carbons (Fsp3) is 0.733. The van der Waals surface area contributed by atoms with Crippen LogP contribution in [0.5, 0.6) is 0 Å². The van der Waals surface area contributed by atoms with Gasteiger partial charge in [-0.05, 0) is 30.8 Å². The monoisotopic (exact) mass is 274 g/mol. The predicted molar refractivity (Wildman–Crippen MR) is 83.8 cm³/mol. The van der Waals surface area contributed by atoms with Gasteiger partial charge in [0.1, 0.15) is 0 Å². The highest BCUT2D eigenvalue weighted by atomic mass is 35.5. The van der Waals surface area contributed by atoms with Crippen LogP contribution in [0.2, 0.25) is 0 Å². The van der Waals surface area contributed by atoms with Crippen LogP contribution >= 0.6 is 24.2 Å². The first-order chi connectivity index (χ1) is 8.01. The third-order valence-corrected chi connectivity index (χ3v) is 3.69. The second-order valence-electron chi connectivity index (χ2n) is 4.97. The average molecular weight is 275 g/mol. The minimum absolute atomic E-state index is 0.562. The zero-order valence-electron chi connectivity index (χ0n) is 11.7. The molecule has 1 aliphatic carbocycles. The lowest BCUT2D eigenvalue weighted by Crippen LogP contribution is -2.10. The van der Waals surface area contributed by atoms with Crippen LogP contribution in [0.15, 0.2) is 22.1 Å². The summed E-state index contributed by atoms with van der Waals surface area (Å²) in [6.07, 6.45) is 10.6. The summed E-state index contributed by atoms with van der Waals surface area (Å²) in [7, 11) is 0. The molecule has 100 valence electrons. The van der Waals surface area contributed by atoms with Crippen molar-refractivity contribution in [2.45, 2.75) is 59.8 Å². The van der Waals surface area contributed by atoms with Crippen molar-refractivity contribution < 1.29 is 0 Å². The summed E-state index contributed by atoms with van der Waals surface area (Å²) < 4.78 is 0.562. The molecule has 0 aliphatic heterocycles. The van der Waals surface area contributed by atoms with Crippen LogP contribution in [0.3, 0.4) is 0 Å². The van der Waals surface area contributed by atoms with Gasteiger partial charge in [-0.2, -0.15) is 0 Å². The van der Waals surface area contributed by atoms with E-state index < -0.39 is 0 Å². The standard InChI is InChI=1S/C8H11ClS.C7H16/c1-6-2-3-7(6)4-5-8(9)10;1-4-6-7(3)5-2/h4-6,10H,2-3H2,1H3;7H,4-6H2,1-3H3/b7-4+,8-5-;. The van der Waals surface area contributed by atoms with E-state index in [2.05, 4.69) is 46.4 Å². The molecule has 0 amide bonds. The molecule has 1 rings (SSSR count). The summed E-state index contributed by atoms with van der Waals surface area (Å²) in [5.74, 6) is 1.71. The summed E-state index contributed by atoms with van der Waals surface area (Å²) in [5.41, 5.74) is 1.49. The molecule has 17 heavy (non-hydrogen) atoms. The Labute approximate surface area is 118 Å². The van der Waals surface area contributed by atoms with Gasteiger partial charge in [-0.3, -0.25) is 0 Å². The van der Waals surface area contributed by atoms with Crippen molar-refractivity contribution in [2.75, 3.05) is 0 Å². The van der Waals surface area contributed by atoms with Crippen LogP contribution in [0.1, 0.15) is 59.8 Å². The Bertz CT molecular complexity index is 252. The zero-order chi connectivity index (χ0) is 13.3. The highest BCUT2D eigenvalue weighted by Gasteiger charge is 2.17. The van der Waals surface area contributed by atoms with Gasteiger partial charge < -0.3 is 0 Å². The van der Waals surface area contributed by atoms with Gasteiger partial charge in [0.15, 0.2) is 0 Å². The van der Waals surface area contributed by atoms with Gasteiger partial charge in [0.2, 0.25) is 0 Å². The fourth-order valence-electron chi connectivity index (χ4n) is 1.72. The Morgan fingerprint density at radius 3 is 2.41 bits per heavy atom. The molecule has 0 nitrogen and oxygen atoms in total. The minimum Gasteiger partial charge on any atom is -0.131 e. The molecule has 1 fully saturated rings. The molecule has 0 saturated heterocycles. The van der Waals surface area contributed by atoms with E-state index in [-0.39, 0.29) is 0 Å². The molecular formula is C15H27ClS. The number of hydrogen-bond acceptors (Lipinski definition) is 1. The number of halogens is 1. The van der Waals surface area contributed by atoms with Gasteiger partial charge in [0.25, 0.3) is 0 Å². The highest BCUT2D eigenvalue weighted by Crippen LogP contribution is 2.32. The molecule has 0 heterocycles. The van der Waals surface area contributed by atoms with E-state index in [0.717, 1.165) is 11.8 Å². The van der Waals surface area contributed by atoms with Crippen LogP contribution < -0.4 is 0 Å². The van der Waals surface area contributed by atoms with E-state index >= 15 is 0 Å². The van der Waals surface area contributed by atoms with Crippen LogP contribution in [0, 0.1) is 11.8 Å². The quantitative estimate of drug-likeness (QED) is 0.581. The lowest BCUT2D eigenvalue weighted by molar-refractivity contribution is 0.483. The third kappa shape index (κ3) is 8.79. The highest BCUT2D eigenvalue weighted by molar-refractivity contribution is 7.86. The number of rotatable bonds is 4. The zero-order valence-corrected chi connectivity index (χ0v) is 13.3. The number of allylic oxidation sites excluding steroid dienone is 3. The summed E-state index contributed by atoms with van der Waals surface area (Å²) >= 11 is 9.48. The second kappa shape index (κ2) is 10.1. The molecule has 0 radical (unpaired) electrons. The Morgan fingerprint density at radius 1 is 1.53 bits per heavy atom. The Kier molecular flexibility index (Phi) is 10.2. The minimum atomic E-state index is 0.562. The summed E-state index contributed by atoms with van der Waals surface area (Å²) in [6.45, 7) is 9.03. The topological polar surface area (TPSA) is 0 Å². The first-order valence-electron chi connectivity index (χ1n) is 6.76. The van der Waals surface area contributed by atoms with Crippen molar-refractivity contribution in [3.05, 3.63) is 22.1 Å². The van der Waals surface area contributed by atoms with Crippen LogP contribution in [-0.4, -0.2) is 0 Å². The Morgan fingerprint density at radius 2 is 2.18 bits per heavy atom. The van der Waals surface area contributed by atoms with Crippen molar-refractivity contribution in [3.8, 4) is 0 Å². The van der Waals surface area contributed by atoms with Crippen molar-refractivity contribution in [1.82, 2.24) is 0 Å². The molecule has 0 spiro atoms. The predicted octanol–water partition coefficient (Wildman–Crippen LogP) is 6.19. The van der Waals surface area contributed by atoms with Gasteiger partial charge in [0.05, 0.1) is 4.36 Å². The van der Waals surface area contributed by atoms with Gasteiger partial charge in [-0.15, -0.1) is 12.6 Å². The Hall–Kier alpha value is 0.120. The van der Waals surface area contributed by atoms with Crippen LogP contribution in [0.4, 0.5) is 0 Å². The lowest BCUT2D eigenvalue weighted by Gasteiger charge is -2.25. The number of hydrogen-bond donors (Lipinski definition) is 1. The van der Waals surface area contributed by atoms with E-state index in [1.54, 1.807) is 0 Å². The largest absolute Gasteiger partial charge is 0.131 e. The second-order valence-corrected chi connectivity index (χ2v) is 6.13. The first kappa shape index (κ1) is 17.1. The molecule has 2 atom stereocenters. The van der Waals surface area contributed by atoms with Crippen LogP contribution in [0.25, 0.3) is 0 Å². The van der Waals surface area contributed by atoms with Gasteiger partial charge in [-0.1, -0.05) is 70.2 Å². The van der Waals surface area contributed by atoms with Crippen molar-refractivity contribution in [1.29, 1.82) is 0 Å². The maximum atomic E-state index is 5.53. The normalized spacial score (nSPS) is 23.8. The molecule has 0 N–H and O–H groups in total. The maximum absolute atomic E-state index is 5.53. The van der Waals surface area contributed by atoms with Crippen molar-refractivity contribution in [2.24, 2.45) is 11.8 Å². The lowest BCUT2D eigenvalue weighted by atomic mass is 9.81. The Balaban J connectivity index is 0.000000325. The van der Waals surface area contributed by atoms with E-state index in [1.807, 2.05) is 6.08 Å². The number of thiol groups is 1. The molecule has 0 aromatic carbocycles. The fourth-order valence-corrected chi connectivity index (χ4v) is 1.86. The van der Waals surface area contributed by atoms with Crippen molar-refractivity contribution >= 4 is 24.2 Å². The summed E-state index contributed by atoms with van der Waals surface area (Å²) in [5, 5.41) is 0. The van der Waals surface area contributed by atoms with E-state index in [4.69, 9.17) is 11.6 Å². The molecule has 0 aromatic heterocycles. The van der Waals surface area contributed by atoms with E-state index in [0.29, 0.717) is 4.36 Å². The molecule has 0 aromatic rings.